The van der Waals surface area contributed by atoms with Crippen molar-refractivity contribution in [2.45, 2.75) is 0 Å². The standard InChI is InChI=1S/Bi.3ClHO4.6H2/c;3*2-1(3,4)5;;;;;;/h;3*(H,2,3,4,5);6*1H/q+3;;;;;;;;;/p-3. The molecule has 0 saturated heterocycles. The normalized spacial score (nSPS) is 11.2. The van der Waals surface area contributed by atoms with E-state index in [1.54, 1.807) is 0 Å². The van der Waals surface area contributed by atoms with Gasteiger partial charge in [0.05, 0.1) is 0 Å². The Bertz CT molecular complexity index is 110. The fourth-order valence-corrected chi connectivity index (χ4v) is 0. The molecule has 16 heavy (non-hydrogen) atoms. The summed E-state index contributed by atoms with van der Waals surface area (Å²) in [5, 5.41) is 0. The molecule has 0 bridgehead atoms. The van der Waals surface area contributed by atoms with Crippen molar-refractivity contribution in [1.82, 2.24) is 0 Å². The average molecular weight is 519 g/mol. The summed E-state index contributed by atoms with van der Waals surface area (Å²) in [6.07, 6.45) is 0. The summed E-state index contributed by atoms with van der Waals surface area (Å²) in [4.78, 5) is 0. The molecule has 0 aromatic rings. The van der Waals surface area contributed by atoms with Crippen LogP contribution in [0.1, 0.15) is 8.56 Å². The van der Waals surface area contributed by atoms with Gasteiger partial charge in [0, 0.05) is 8.56 Å². The first-order valence-corrected chi connectivity index (χ1v) is 5.55. The topological polar surface area (TPSA) is 277 Å². The van der Waals surface area contributed by atoms with Crippen LogP contribution in [0.4, 0.5) is 0 Å². The van der Waals surface area contributed by atoms with Crippen molar-refractivity contribution in [3.8, 4) is 0 Å². The minimum absolute atomic E-state index is 0. The monoisotopic (exact) mass is 518 g/mol. The Balaban J connectivity index is -0.0000000106. The minimum Gasteiger partial charge on any atom is -0.222 e. The Morgan fingerprint density at radius 2 is 0.375 bits per heavy atom. The van der Waals surface area contributed by atoms with E-state index in [-0.39, 0.29) is 34.8 Å². The molecule has 0 N–H and O–H groups in total. The average Bonchev–Trinajstić information content (AvgIpc) is 1.41. The first kappa shape index (κ1) is 26.0. The quantitative estimate of drug-likeness (QED) is 0.270. The van der Waals surface area contributed by atoms with Crippen molar-refractivity contribution >= 4 is 26.2 Å². The van der Waals surface area contributed by atoms with Gasteiger partial charge in [-0.1, -0.05) is 0 Å². The third-order valence-electron chi connectivity index (χ3n) is 0. The van der Waals surface area contributed by atoms with E-state index >= 15 is 0 Å². The first-order valence-electron chi connectivity index (χ1n) is 1.85. The van der Waals surface area contributed by atoms with Crippen molar-refractivity contribution in [3.05, 3.63) is 0 Å². The van der Waals surface area contributed by atoms with E-state index in [4.69, 9.17) is 55.9 Å². The molecule has 0 spiro atoms. The minimum atomic E-state index is -4.94. The van der Waals surface area contributed by atoms with Crippen LogP contribution in [0.5, 0.6) is 0 Å². The third kappa shape index (κ3) is 1920. The Kier molecular flexibility index (Phi) is 16.6. The predicted molar refractivity (Wildman–Crippen MR) is 18.4 cm³/mol. The smallest absolute Gasteiger partial charge is 0.222 e. The zero-order chi connectivity index (χ0) is 13.5. The SMILES string of the molecule is [Bi+3].[HH].[HH].[HH].[HH].[HH].[HH].[O-][Cl+3]([O-])([O-])[O-].[O-][Cl+3]([O-])([O-])[O-].[O-][Cl+3]([O-])([O-])[O-]. The van der Waals surface area contributed by atoms with Gasteiger partial charge in [-0.05, 0) is 0 Å². The summed E-state index contributed by atoms with van der Waals surface area (Å²) in [6.45, 7) is 0. The van der Waals surface area contributed by atoms with E-state index in [2.05, 4.69) is 0 Å². The summed E-state index contributed by atoms with van der Waals surface area (Å²) in [6, 6.07) is 0. The van der Waals surface area contributed by atoms with Crippen molar-refractivity contribution in [2.24, 2.45) is 0 Å². The maximum absolute atomic E-state index is 8.49. The molecule has 0 heterocycles. The van der Waals surface area contributed by atoms with Gasteiger partial charge in [0.25, 0.3) is 0 Å². The van der Waals surface area contributed by atoms with Gasteiger partial charge in [-0.15, -0.1) is 30.7 Å². The summed E-state index contributed by atoms with van der Waals surface area (Å²) in [5.74, 6) is 0. The Morgan fingerprint density at radius 1 is 0.375 bits per heavy atom. The van der Waals surface area contributed by atoms with Crippen molar-refractivity contribution in [1.29, 1.82) is 0 Å². The third-order valence-corrected chi connectivity index (χ3v) is 0. The summed E-state index contributed by atoms with van der Waals surface area (Å²) < 4.78 is 102. The van der Waals surface area contributed by atoms with Gasteiger partial charge >= 0.3 is 26.2 Å². The zero-order valence-electron chi connectivity index (χ0n) is 6.48. The van der Waals surface area contributed by atoms with Gasteiger partial charge in [-0.3, -0.25) is 0 Å². The Hall–Kier alpha value is 1.27. The van der Waals surface area contributed by atoms with E-state index in [1.165, 1.54) is 0 Å². The van der Waals surface area contributed by atoms with Gasteiger partial charge < -0.3 is 0 Å². The van der Waals surface area contributed by atoms with Crippen LogP contribution in [0.25, 0.3) is 0 Å². The molecule has 0 aliphatic carbocycles. The predicted octanol–water partition coefficient (Wildman–Crippen LogP) is -13.2. The molecular weight excluding hydrogens is 507 g/mol. The molecule has 0 atom stereocenters. The Labute approximate surface area is 121 Å². The largest absolute Gasteiger partial charge is 3.00 e. The van der Waals surface area contributed by atoms with Crippen LogP contribution in [-0.2, 0) is 0 Å². The molecule has 0 rings (SSSR count). The van der Waals surface area contributed by atoms with Crippen molar-refractivity contribution in [2.75, 3.05) is 0 Å². The maximum atomic E-state index is 8.49. The van der Waals surface area contributed by atoms with E-state index in [0.29, 0.717) is 0 Å². The van der Waals surface area contributed by atoms with Gasteiger partial charge in [-0.2, -0.15) is 0 Å². The summed E-state index contributed by atoms with van der Waals surface area (Å²) in [5.41, 5.74) is 0. The molecule has 0 aliphatic heterocycles. The molecular formula is H12BiCl3O12. The maximum Gasteiger partial charge on any atom is 3.00 e. The zero-order valence-corrected chi connectivity index (χ0v) is 12.2. The number of halogens is 3. The van der Waals surface area contributed by atoms with Gasteiger partial charge in [-0.25, -0.2) is 55.9 Å². The fraction of sp³-hybridized carbons (Fsp3) is 0. The van der Waals surface area contributed by atoms with E-state index < -0.39 is 30.7 Å². The van der Waals surface area contributed by atoms with Crippen LogP contribution >= 0.6 is 0 Å². The molecule has 2 radical (unpaired) electrons. The molecule has 0 unspecified atom stereocenters. The molecule has 0 aliphatic rings. The van der Waals surface area contributed by atoms with Crippen LogP contribution in [0.15, 0.2) is 0 Å². The fourth-order valence-electron chi connectivity index (χ4n) is 0. The molecule has 12 nitrogen and oxygen atoms in total. The molecule has 0 aromatic carbocycles. The Morgan fingerprint density at radius 3 is 0.375 bits per heavy atom. The second-order valence-electron chi connectivity index (χ2n) is 1.13. The van der Waals surface area contributed by atoms with Crippen molar-refractivity contribution in [3.63, 3.8) is 0 Å². The molecule has 16 heteroatoms. The molecule has 0 saturated carbocycles. The van der Waals surface area contributed by atoms with Gasteiger partial charge in [0.1, 0.15) is 0 Å². The van der Waals surface area contributed by atoms with Gasteiger partial charge in [0.2, 0.25) is 0 Å². The second kappa shape index (κ2) is 10.2. The number of rotatable bonds is 0. The summed E-state index contributed by atoms with van der Waals surface area (Å²) >= 11 is 0. The summed E-state index contributed by atoms with van der Waals surface area (Å²) in [7, 11) is -14.8. The first-order chi connectivity index (χ1) is 6.00. The van der Waals surface area contributed by atoms with Crippen LogP contribution in [0.3, 0.4) is 0 Å². The van der Waals surface area contributed by atoms with Crippen LogP contribution in [-0.4, -0.2) is 26.2 Å². The number of hydrogen-bond acceptors (Lipinski definition) is 12. The van der Waals surface area contributed by atoms with E-state index in [9.17, 15) is 0 Å². The van der Waals surface area contributed by atoms with Gasteiger partial charge in [0.15, 0.2) is 0 Å². The molecule has 0 amide bonds. The molecule has 0 aromatic heterocycles. The second-order valence-corrected chi connectivity index (χ2v) is 3.40. The van der Waals surface area contributed by atoms with E-state index in [1.807, 2.05) is 0 Å². The van der Waals surface area contributed by atoms with E-state index in [0.717, 1.165) is 0 Å². The van der Waals surface area contributed by atoms with Crippen LogP contribution in [0, 0.1) is 30.7 Å². The number of hydrogen-bond donors (Lipinski definition) is 0. The molecule has 110 valence electrons. The molecule has 0 fully saturated rings. The van der Waals surface area contributed by atoms with Crippen LogP contribution < -0.4 is 55.9 Å². The van der Waals surface area contributed by atoms with Crippen molar-refractivity contribution < 1.29 is 95.2 Å². The van der Waals surface area contributed by atoms with Crippen LogP contribution in [0.2, 0.25) is 0 Å².